The van der Waals surface area contributed by atoms with Crippen molar-refractivity contribution in [2.75, 3.05) is 7.11 Å². The van der Waals surface area contributed by atoms with Crippen LogP contribution in [0.1, 0.15) is 76.0 Å². The summed E-state index contributed by atoms with van der Waals surface area (Å²) in [7, 11) is 1.45. The average molecular weight is 540 g/mol. The van der Waals surface area contributed by atoms with Crippen LogP contribution in [0.2, 0.25) is 0 Å². The Bertz CT molecular complexity index is 1250. The summed E-state index contributed by atoms with van der Waals surface area (Å²) in [6.45, 7) is 6.39. The van der Waals surface area contributed by atoms with Gasteiger partial charge in [0.15, 0.2) is 0 Å². The van der Waals surface area contributed by atoms with Gasteiger partial charge in [-0.25, -0.2) is 13.8 Å². The Hall–Kier alpha value is -3.48. The maximum absolute atomic E-state index is 15.3. The van der Waals surface area contributed by atoms with E-state index >= 15 is 4.39 Å². The number of ether oxygens (including phenoxy) is 2. The lowest BCUT2D eigenvalue weighted by atomic mass is 9.79. The van der Waals surface area contributed by atoms with Crippen molar-refractivity contribution in [1.29, 1.82) is 0 Å². The highest BCUT2D eigenvalue weighted by Gasteiger charge is 2.23. The maximum atomic E-state index is 15.3. The molecule has 4 rings (SSSR count). The number of carboxylic acid groups (broad SMARTS) is 1. The Morgan fingerprint density at radius 3 is 2.41 bits per heavy atom. The first-order valence-corrected chi connectivity index (χ1v) is 13.6. The first kappa shape index (κ1) is 30.1. The van der Waals surface area contributed by atoms with Crippen molar-refractivity contribution in [2.45, 2.75) is 78.7 Å². The van der Waals surface area contributed by atoms with Gasteiger partial charge in [0.25, 0.3) is 0 Å². The van der Waals surface area contributed by atoms with E-state index in [-0.39, 0.29) is 29.9 Å². The topological polar surface area (TPSA) is 68.7 Å². The molecule has 0 aliphatic heterocycles. The fourth-order valence-electron chi connectivity index (χ4n) is 4.40. The van der Waals surface area contributed by atoms with Gasteiger partial charge in [-0.15, -0.1) is 0 Å². The van der Waals surface area contributed by atoms with Crippen LogP contribution in [-0.4, -0.2) is 23.2 Å². The minimum atomic E-state index is -0.870. The van der Waals surface area contributed by atoms with Crippen LogP contribution < -0.4 is 9.47 Å². The quantitative estimate of drug-likeness (QED) is 0.251. The first-order chi connectivity index (χ1) is 18.6. The van der Waals surface area contributed by atoms with Crippen LogP contribution in [0.3, 0.4) is 0 Å². The van der Waals surface area contributed by atoms with Crippen LogP contribution in [0.4, 0.5) is 8.78 Å². The lowest BCUT2D eigenvalue weighted by molar-refractivity contribution is -0.136. The van der Waals surface area contributed by atoms with Crippen LogP contribution in [0.5, 0.6) is 11.6 Å². The standard InChI is InChI=1S/C29H33F2NO4.C3H6/c1-5-11-29(2,3)16-20-13-21(18-36-22-8-6-7-19(12-22)9-10-28(33)34)25(30)14-23(20)24-15-27(35-4)32-17-26(24)31;1-2-3-1/h6-8,12-15,17H,5,9-11,16,18H2,1-4H3,(H,33,34);1-3H2. The summed E-state index contributed by atoms with van der Waals surface area (Å²) < 4.78 is 41.1. The molecule has 0 amide bonds. The largest absolute Gasteiger partial charge is 0.489 e. The van der Waals surface area contributed by atoms with Gasteiger partial charge in [-0.3, -0.25) is 4.79 Å². The van der Waals surface area contributed by atoms with Crippen molar-refractivity contribution in [2.24, 2.45) is 5.41 Å². The SMILES string of the molecule is C1CC1.CCCC(C)(C)Cc1cc(COc2cccc(CCC(=O)O)c2)c(F)cc1-c1cc(OC)ncc1F. The Morgan fingerprint density at radius 2 is 1.77 bits per heavy atom. The molecule has 1 aromatic heterocycles. The monoisotopic (exact) mass is 539 g/mol. The van der Waals surface area contributed by atoms with E-state index in [0.29, 0.717) is 29.7 Å². The third kappa shape index (κ3) is 9.65. The smallest absolute Gasteiger partial charge is 0.303 e. The number of benzene rings is 2. The summed E-state index contributed by atoms with van der Waals surface area (Å²) in [6, 6.07) is 11.7. The van der Waals surface area contributed by atoms with Crippen LogP contribution >= 0.6 is 0 Å². The number of halogens is 2. The zero-order chi connectivity index (χ0) is 28.4. The van der Waals surface area contributed by atoms with Gasteiger partial charge < -0.3 is 14.6 Å². The second-order valence-corrected chi connectivity index (χ2v) is 10.8. The van der Waals surface area contributed by atoms with Gasteiger partial charge in [0.2, 0.25) is 5.88 Å². The molecule has 0 radical (unpaired) electrons. The zero-order valence-corrected chi connectivity index (χ0v) is 23.4. The van der Waals surface area contributed by atoms with Gasteiger partial charge in [0, 0.05) is 23.6 Å². The summed E-state index contributed by atoms with van der Waals surface area (Å²) in [6.07, 6.45) is 8.57. The van der Waals surface area contributed by atoms with E-state index < -0.39 is 17.6 Å². The Labute approximate surface area is 230 Å². The molecule has 2 aromatic carbocycles. The summed E-state index contributed by atoms with van der Waals surface area (Å²) >= 11 is 0. The van der Waals surface area contributed by atoms with Crippen molar-refractivity contribution in [3.63, 3.8) is 0 Å². The van der Waals surface area contributed by atoms with E-state index in [9.17, 15) is 9.18 Å². The Kier molecular flexibility index (Phi) is 10.8. The molecule has 1 heterocycles. The molecule has 1 aliphatic rings. The molecule has 0 unspecified atom stereocenters. The molecule has 0 saturated heterocycles. The van der Waals surface area contributed by atoms with Crippen LogP contribution in [-0.2, 0) is 24.2 Å². The van der Waals surface area contributed by atoms with Gasteiger partial charge in [-0.05, 0) is 65.6 Å². The predicted molar refractivity (Wildman–Crippen MR) is 149 cm³/mol. The molecule has 1 aliphatic carbocycles. The molecule has 0 atom stereocenters. The summed E-state index contributed by atoms with van der Waals surface area (Å²) in [4.78, 5) is 14.8. The van der Waals surface area contributed by atoms with E-state index in [1.807, 2.05) is 6.07 Å². The van der Waals surface area contributed by atoms with Crippen LogP contribution in [0.15, 0.2) is 48.7 Å². The van der Waals surface area contributed by atoms with Crippen molar-refractivity contribution < 1.29 is 28.2 Å². The highest BCUT2D eigenvalue weighted by Crippen LogP contribution is 2.36. The van der Waals surface area contributed by atoms with E-state index in [0.717, 1.165) is 30.2 Å². The van der Waals surface area contributed by atoms with Crippen molar-refractivity contribution in [1.82, 2.24) is 4.98 Å². The Morgan fingerprint density at radius 1 is 1.03 bits per heavy atom. The van der Waals surface area contributed by atoms with Gasteiger partial charge in [0.1, 0.15) is 24.0 Å². The normalized spacial score (nSPS) is 12.4. The van der Waals surface area contributed by atoms with Crippen molar-refractivity contribution >= 4 is 5.97 Å². The molecule has 7 heteroatoms. The number of rotatable bonds is 12. The highest BCUT2D eigenvalue weighted by molar-refractivity contribution is 5.69. The molecular weight excluding hydrogens is 500 g/mol. The number of carboxylic acids is 1. The fraction of sp³-hybridized carbons (Fsp3) is 0.438. The second-order valence-electron chi connectivity index (χ2n) is 10.8. The molecule has 1 N–H and O–H groups in total. The average Bonchev–Trinajstić information content (AvgIpc) is 3.78. The minimum Gasteiger partial charge on any atom is -0.489 e. The number of aryl methyl sites for hydroxylation is 1. The second kappa shape index (κ2) is 14.1. The summed E-state index contributed by atoms with van der Waals surface area (Å²) in [5.41, 5.74) is 2.63. The van der Waals surface area contributed by atoms with E-state index in [1.54, 1.807) is 24.3 Å². The molecule has 39 heavy (non-hydrogen) atoms. The fourth-order valence-corrected chi connectivity index (χ4v) is 4.40. The zero-order valence-electron chi connectivity index (χ0n) is 23.4. The number of methoxy groups -OCH3 is 1. The molecule has 0 spiro atoms. The van der Waals surface area contributed by atoms with E-state index in [4.69, 9.17) is 14.6 Å². The number of aliphatic carboxylic acids is 1. The molecule has 1 fully saturated rings. The minimum absolute atomic E-state index is 0.0160. The number of pyridine rings is 1. The van der Waals surface area contributed by atoms with Crippen molar-refractivity contribution in [3.05, 3.63) is 77.0 Å². The van der Waals surface area contributed by atoms with Crippen molar-refractivity contribution in [3.8, 4) is 22.8 Å². The van der Waals surface area contributed by atoms with Gasteiger partial charge >= 0.3 is 5.97 Å². The predicted octanol–water partition coefficient (Wildman–Crippen LogP) is 8.17. The van der Waals surface area contributed by atoms with Gasteiger partial charge in [-0.1, -0.05) is 58.6 Å². The molecule has 210 valence electrons. The number of nitrogens with zero attached hydrogens (tertiary/aromatic N) is 1. The molecular formula is C32H39F2NO4. The number of carbonyl (C=O) groups is 1. The number of hydrogen-bond donors (Lipinski definition) is 1. The highest BCUT2D eigenvalue weighted by atomic mass is 19.1. The Balaban J connectivity index is 0.00000131. The van der Waals surface area contributed by atoms with E-state index in [1.165, 1.54) is 38.5 Å². The van der Waals surface area contributed by atoms with Gasteiger partial charge in [-0.2, -0.15) is 0 Å². The lowest BCUT2D eigenvalue weighted by Gasteiger charge is -2.26. The summed E-state index contributed by atoms with van der Waals surface area (Å²) in [5, 5.41) is 8.91. The van der Waals surface area contributed by atoms with E-state index in [2.05, 4.69) is 25.8 Å². The van der Waals surface area contributed by atoms with Crippen LogP contribution in [0.25, 0.3) is 11.1 Å². The first-order valence-electron chi connectivity index (χ1n) is 13.6. The van der Waals surface area contributed by atoms with Crippen LogP contribution in [0, 0.1) is 17.0 Å². The number of aromatic nitrogens is 1. The molecule has 3 aromatic rings. The third-order valence-corrected chi connectivity index (χ3v) is 6.47. The number of hydrogen-bond acceptors (Lipinski definition) is 4. The summed E-state index contributed by atoms with van der Waals surface area (Å²) in [5.74, 6) is -1.14. The van der Waals surface area contributed by atoms with Gasteiger partial charge in [0.05, 0.1) is 13.3 Å². The molecule has 1 saturated carbocycles. The molecule has 0 bridgehead atoms. The maximum Gasteiger partial charge on any atom is 0.303 e. The lowest BCUT2D eigenvalue weighted by Crippen LogP contribution is -2.16. The third-order valence-electron chi connectivity index (χ3n) is 6.47. The molecule has 5 nitrogen and oxygen atoms in total.